The molecule has 0 saturated heterocycles. The number of hydrogen-bond donors (Lipinski definition) is 2. The van der Waals surface area contributed by atoms with Crippen LogP contribution in [0.5, 0.6) is 0 Å². The Kier molecular flexibility index (Phi) is 2.32. The number of hydrogen-bond acceptors (Lipinski definition) is 5. The Labute approximate surface area is 70.8 Å². The fourth-order valence-corrected chi connectivity index (χ4v) is 0.661. The van der Waals surface area contributed by atoms with Crippen molar-refractivity contribution in [1.29, 1.82) is 0 Å². The van der Waals surface area contributed by atoms with Crippen LogP contribution < -0.4 is 5.32 Å². The van der Waals surface area contributed by atoms with Gasteiger partial charge in [-0.25, -0.2) is 0 Å². The number of nitrogens with one attached hydrogen (secondary N) is 1. The van der Waals surface area contributed by atoms with Gasteiger partial charge in [-0.1, -0.05) is 5.16 Å². The molecule has 12 heavy (non-hydrogen) atoms. The average molecular weight is 171 g/mol. The first-order valence-corrected chi connectivity index (χ1v) is 3.74. The maximum Gasteiger partial charge on any atom is 0.321 e. The molecule has 1 rings (SSSR count). The quantitative estimate of drug-likeness (QED) is 0.695. The van der Waals surface area contributed by atoms with Crippen molar-refractivity contribution in [2.75, 3.05) is 11.9 Å². The molecular formula is C7H13N3O2. The second-order valence-electron chi connectivity index (χ2n) is 3.31. The molecule has 1 aromatic heterocycles. The van der Waals surface area contributed by atoms with Crippen molar-refractivity contribution in [3.63, 3.8) is 0 Å². The summed E-state index contributed by atoms with van der Waals surface area (Å²) in [6, 6.07) is 0.342. The zero-order valence-corrected chi connectivity index (χ0v) is 7.46. The minimum absolute atomic E-state index is 0.342. The van der Waals surface area contributed by atoms with Gasteiger partial charge in [0.1, 0.15) is 0 Å². The molecule has 0 aliphatic rings. The average Bonchev–Trinajstić information content (AvgIpc) is 2.30. The molecule has 1 heterocycles. The lowest BCUT2D eigenvalue weighted by molar-refractivity contribution is 0.0937. The molecule has 0 spiro atoms. The van der Waals surface area contributed by atoms with Gasteiger partial charge in [-0.05, 0) is 20.8 Å². The highest BCUT2D eigenvalue weighted by molar-refractivity contribution is 5.18. The van der Waals surface area contributed by atoms with Gasteiger partial charge in [0.15, 0.2) is 5.82 Å². The van der Waals surface area contributed by atoms with Gasteiger partial charge in [-0.2, -0.15) is 4.98 Å². The first-order valence-electron chi connectivity index (χ1n) is 3.74. The van der Waals surface area contributed by atoms with Crippen molar-refractivity contribution in [2.45, 2.75) is 26.4 Å². The lowest BCUT2D eigenvalue weighted by Crippen LogP contribution is -2.29. The van der Waals surface area contributed by atoms with Gasteiger partial charge in [-0.3, -0.25) is 0 Å². The predicted octanol–water partition coefficient (Wildman–Crippen LogP) is 0.561. The summed E-state index contributed by atoms with van der Waals surface area (Å²) in [5, 5.41) is 15.7. The molecule has 0 atom stereocenters. The molecule has 0 fully saturated rings. The minimum Gasteiger partial charge on any atom is -0.389 e. The molecule has 0 saturated carbocycles. The standard InChI is InChI=1S/C7H13N3O2/c1-5-9-6(12-10-5)8-4-7(2,3)11/h11H,4H2,1-3H3,(H,8,9,10). The lowest BCUT2D eigenvalue weighted by Gasteiger charge is -2.15. The molecule has 0 amide bonds. The second-order valence-corrected chi connectivity index (χ2v) is 3.31. The Morgan fingerprint density at radius 1 is 1.58 bits per heavy atom. The number of nitrogens with zero attached hydrogens (tertiary/aromatic N) is 2. The number of aliphatic hydroxyl groups is 1. The predicted molar refractivity (Wildman–Crippen MR) is 43.8 cm³/mol. The van der Waals surface area contributed by atoms with Crippen molar-refractivity contribution in [3.8, 4) is 0 Å². The SMILES string of the molecule is Cc1noc(NCC(C)(C)O)n1. The molecule has 1 aromatic rings. The van der Waals surface area contributed by atoms with E-state index in [1.807, 2.05) is 0 Å². The van der Waals surface area contributed by atoms with Crippen molar-refractivity contribution in [3.05, 3.63) is 5.82 Å². The van der Waals surface area contributed by atoms with Gasteiger partial charge < -0.3 is 14.9 Å². The van der Waals surface area contributed by atoms with Crippen LogP contribution in [0.1, 0.15) is 19.7 Å². The van der Waals surface area contributed by atoms with E-state index < -0.39 is 5.60 Å². The Morgan fingerprint density at radius 2 is 2.25 bits per heavy atom. The van der Waals surface area contributed by atoms with Crippen molar-refractivity contribution in [1.82, 2.24) is 10.1 Å². The van der Waals surface area contributed by atoms with Crippen LogP contribution in [0, 0.1) is 6.92 Å². The maximum absolute atomic E-state index is 9.33. The topological polar surface area (TPSA) is 71.2 Å². The third-order valence-corrected chi connectivity index (χ3v) is 1.20. The van der Waals surface area contributed by atoms with Crippen LogP contribution in [0.2, 0.25) is 0 Å². The highest BCUT2D eigenvalue weighted by Crippen LogP contribution is 2.05. The normalized spacial score (nSPS) is 11.7. The second kappa shape index (κ2) is 3.10. The summed E-state index contributed by atoms with van der Waals surface area (Å²) in [7, 11) is 0. The van der Waals surface area contributed by atoms with E-state index in [2.05, 4.69) is 15.5 Å². The maximum atomic E-state index is 9.33. The van der Waals surface area contributed by atoms with E-state index in [-0.39, 0.29) is 0 Å². The van der Waals surface area contributed by atoms with Crippen molar-refractivity contribution in [2.24, 2.45) is 0 Å². The van der Waals surface area contributed by atoms with Crippen LogP contribution in [-0.2, 0) is 0 Å². The van der Waals surface area contributed by atoms with Crippen LogP contribution >= 0.6 is 0 Å². The van der Waals surface area contributed by atoms with E-state index in [0.29, 0.717) is 18.4 Å². The van der Waals surface area contributed by atoms with Crippen LogP contribution in [-0.4, -0.2) is 27.4 Å². The molecular weight excluding hydrogens is 158 g/mol. The van der Waals surface area contributed by atoms with Gasteiger partial charge in [0.05, 0.1) is 5.60 Å². The molecule has 0 aliphatic carbocycles. The fourth-order valence-electron chi connectivity index (χ4n) is 0.661. The van der Waals surface area contributed by atoms with Gasteiger partial charge in [0.2, 0.25) is 0 Å². The van der Waals surface area contributed by atoms with Crippen LogP contribution in [0.15, 0.2) is 4.52 Å². The van der Waals surface area contributed by atoms with Gasteiger partial charge in [-0.15, -0.1) is 0 Å². The van der Waals surface area contributed by atoms with E-state index in [9.17, 15) is 5.11 Å². The van der Waals surface area contributed by atoms with E-state index in [1.165, 1.54) is 0 Å². The summed E-state index contributed by atoms with van der Waals surface area (Å²) in [4.78, 5) is 3.91. The summed E-state index contributed by atoms with van der Waals surface area (Å²) in [5.41, 5.74) is -0.775. The van der Waals surface area contributed by atoms with E-state index in [0.717, 1.165) is 0 Å². The minimum atomic E-state index is -0.775. The highest BCUT2D eigenvalue weighted by atomic mass is 16.5. The van der Waals surface area contributed by atoms with Crippen molar-refractivity contribution >= 4 is 6.01 Å². The van der Waals surface area contributed by atoms with Gasteiger partial charge in [0, 0.05) is 6.54 Å². The highest BCUT2D eigenvalue weighted by Gasteiger charge is 2.13. The van der Waals surface area contributed by atoms with E-state index in [1.54, 1.807) is 20.8 Å². The van der Waals surface area contributed by atoms with E-state index >= 15 is 0 Å². The Bertz CT molecular complexity index is 251. The molecule has 2 N–H and O–H groups in total. The van der Waals surface area contributed by atoms with Crippen LogP contribution in [0.4, 0.5) is 6.01 Å². The number of aromatic nitrogens is 2. The zero-order valence-electron chi connectivity index (χ0n) is 7.46. The molecule has 0 radical (unpaired) electrons. The Balaban J connectivity index is 2.44. The molecule has 0 bridgehead atoms. The van der Waals surface area contributed by atoms with Crippen molar-refractivity contribution < 1.29 is 9.63 Å². The summed E-state index contributed by atoms with van der Waals surface area (Å²) in [6.45, 7) is 5.51. The number of anilines is 1. The number of aryl methyl sites for hydroxylation is 1. The number of rotatable bonds is 3. The summed E-state index contributed by atoms with van der Waals surface area (Å²) >= 11 is 0. The molecule has 5 heteroatoms. The summed E-state index contributed by atoms with van der Waals surface area (Å²) in [6.07, 6.45) is 0. The monoisotopic (exact) mass is 171 g/mol. The third kappa shape index (κ3) is 2.87. The largest absolute Gasteiger partial charge is 0.389 e. The van der Waals surface area contributed by atoms with Crippen LogP contribution in [0.3, 0.4) is 0 Å². The summed E-state index contributed by atoms with van der Waals surface area (Å²) < 4.78 is 4.78. The third-order valence-electron chi connectivity index (χ3n) is 1.20. The fraction of sp³-hybridized carbons (Fsp3) is 0.714. The van der Waals surface area contributed by atoms with E-state index in [4.69, 9.17) is 4.52 Å². The lowest BCUT2D eigenvalue weighted by atomic mass is 10.1. The zero-order chi connectivity index (χ0) is 9.19. The molecule has 0 aromatic carbocycles. The Morgan fingerprint density at radius 3 is 2.67 bits per heavy atom. The molecule has 0 aliphatic heterocycles. The first kappa shape index (κ1) is 8.99. The molecule has 5 nitrogen and oxygen atoms in total. The first-order chi connectivity index (χ1) is 5.47. The molecule has 68 valence electrons. The van der Waals surface area contributed by atoms with Gasteiger partial charge in [0.25, 0.3) is 0 Å². The Hall–Kier alpha value is -1.10. The summed E-state index contributed by atoms with van der Waals surface area (Å²) in [5.74, 6) is 0.577. The smallest absolute Gasteiger partial charge is 0.321 e. The van der Waals surface area contributed by atoms with Crippen LogP contribution in [0.25, 0.3) is 0 Å². The van der Waals surface area contributed by atoms with Gasteiger partial charge >= 0.3 is 6.01 Å². The molecule has 0 unspecified atom stereocenters.